The highest BCUT2D eigenvalue weighted by atomic mass is 16.5. The van der Waals surface area contributed by atoms with Gasteiger partial charge in [0.25, 0.3) is 0 Å². The fraction of sp³-hybridized carbons (Fsp3) is 0.333. The molecule has 110 valence electrons. The van der Waals surface area contributed by atoms with Crippen molar-refractivity contribution in [2.24, 2.45) is 5.73 Å². The Morgan fingerprint density at radius 1 is 1.10 bits per heavy atom. The minimum absolute atomic E-state index is 0.00278. The van der Waals surface area contributed by atoms with Crippen LogP contribution in [0.15, 0.2) is 48.5 Å². The highest BCUT2D eigenvalue weighted by molar-refractivity contribution is 5.39. The molecule has 0 aliphatic carbocycles. The van der Waals surface area contributed by atoms with Crippen molar-refractivity contribution in [1.29, 1.82) is 0 Å². The number of benzene rings is 2. The van der Waals surface area contributed by atoms with Crippen molar-refractivity contribution >= 4 is 0 Å². The second-order valence-corrected chi connectivity index (χ2v) is 5.72. The number of para-hydroxylation sites is 1. The molecule has 0 spiro atoms. The molecule has 2 aromatic rings. The Balaban J connectivity index is 1.79. The smallest absolute Gasteiger partial charge is 0.126 e. The molecule has 0 saturated heterocycles. The first-order valence-electron chi connectivity index (χ1n) is 7.41. The van der Waals surface area contributed by atoms with Crippen molar-refractivity contribution < 1.29 is 9.47 Å². The van der Waals surface area contributed by atoms with Gasteiger partial charge in [0.1, 0.15) is 17.6 Å². The van der Waals surface area contributed by atoms with Gasteiger partial charge in [0.15, 0.2) is 0 Å². The van der Waals surface area contributed by atoms with E-state index >= 15 is 0 Å². The molecule has 0 saturated carbocycles. The Hall–Kier alpha value is -2.00. The first-order valence-corrected chi connectivity index (χ1v) is 7.41. The van der Waals surface area contributed by atoms with Gasteiger partial charge in [0, 0.05) is 18.0 Å². The van der Waals surface area contributed by atoms with E-state index in [1.54, 1.807) is 0 Å². The molecule has 0 bridgehead atoms. The lowest BCUT2D eigenvalue weighted by Crippen LogP contribution is -2.24. The number of rotatable bonds is 3. The Morgan fingerprint density at radius 3 is 2.52 bits per heavy atom. The summed E-state index contributed by atoms with van der Waals surface area (Å²) in [5.74, 6) is 1.78. The Morgan fingerprint density at radius 2 is 1.81 bits per heavy atom. The molecule has 0 amide bonds. The maximum absolute atomic E-state index is 6.27. The number of fused-ring (bicyclic) bond motifs is 1. The fourth-order valence-electron chi connectivity index (χ4n) is 2.69. The Bertz CT molecular complexity index is 607. The first kappa shape index (κ1) is 14.0. The maximum Gasteiger partial charge on any atom is 0.126 e. The van der Waals surface area contributed by atoms with Crippen molar-refractivity contribution in [3.05, 3.63) is 59.7 Å². The molecule has 1 unspecified atom stereocenters. The van der Waals surface area contributed by atoms with E-state index in [-0.39, 0.29) is 18.2 Å². The monoisotopic (exact) mass is 283 g/mol. The molecule has 2 atom stereocenters. The van der Waals surface area contributed by atoms with Crippen LogP contribution in [0.3, 0.4) is 0 Å². The minimum Gasteiger partial charge on any atom is -0.491 e. The highest BCUT2D eigenvalue weighted by Gasteiger charge is 2.26. The minimum atomic E-state index is 0.00278. The van der Waals surface area contributed by atoms with E-state index in [1.165, 1.54) is 0 Å². The van der Waals surface area contributed by atoms with Crippen LogP contribution in [-0.2, 0) is 0 Å². The van der Waals surface area contributed by atoms with Gasteiger partial charge in [-0.1, -0.05) is 30.3 Å². The Kier molecular flexibility index (Phi) is 3.84. The lowest BCUT2D eigenvalue weighted by atomic mass is 9.93. The molecule has 1 aliphatic heterocycles. The van der Waals surface area contributed by atoms with Crippen molar-refractivity contribution in [3.63, 3.8) is 0 Å². The summed E-state index contributed by atoms with van der Waals surface area (Å²) in [7, 11) is 0. The van der Waals surface area contributed by atoms with Crippen LogP contribution in [0.2, 0.25) is 0 Å². The van der Waals surface area contributed by atoms with Crippen LogP contribution in [0.5, 0.6) is 11.5 Å². The van der Waals surface area contributed by atoms with Gasteiger partial charge in [-0.05, 0) is 37.6 Å². The third-order valence-electron chi connectivity index (χ3n) is 3.68. The summed E-state index contributed by atoms with van der Waals surface area (Å²) in [5.41, 5.74) is 8.49. The molecule has 21 heavy (non-hydrogen) atoms. The lowest BCUT2D eigenvalue weighted by Gasteiger charge is -2.30. The SMILES string of the molecule is CC(C)Oc1ccc(C2C[C@@H](N)c3ccccc3O2)cc1. The standard InChI is InChI=1S/C18H21NO2/c1-12(2)20-14-9-7-13(8-10-14)18-11-16(19)15-5-3-4-6-17(15)21-18/h3-10,12,16,18H,11,19H2,1-2H3/t16-,18?/m1/s1. The van der Waals surface area contributed by atoms with Crippen molar-refractivity contribution in [2.75, 3.05) is 0 Å². The molecule has 3 heteroatoms. The molecule has 3 nitrogen and oxygen atoms in total. The van der Waals surface area contributed by atoms with Crippen molar-refractivity contribution in [1.82, 2.24) is 0 Å². The number of hydrogen-bond acceptors (Lipinski definition) is 3. The van der Waals surface area contributed by atoms with Gasteiger partial charge in [-0.2, -0.15) is 0 Å². The van der Waals surface area contributed by atoms with Gasteiger partial charge in [0.05, 0.1) is 6.10 Å². The van der Waals surface area contributed by atoms with E-state index in [1.807, 2.05) is 50.2 Å². The zero-order chi connectivity index (χ0) is 14.8. The molecule has 2 aromatic carbocycles. The van der Waals surface area contributed by atoms with E-state index in [2.05, 4.69) is 12.1 Å². The second kappa shape index (κ2) is 5.78. The summed E-state index contributed by atoms with van der Waals surface area (Å²) in [6.45, 7) is 4.04. The van der Waals surface area contributed by atoms with E-state index in [9.17, 15) is 0 Å². The van der Waals surface area contributed by atoms with Gasteiger partial charge in [-0.3, -0.25) is 0 Å². The third-order valence-corrected chi connectivity index (χ3v) is 3.68. The normalized spacial score (nSPS) is 20.8. The molecule has 0 radical (unpaired) electrons. The van der Waals surface area contributed by atoms with E-state index < -0.39 is 0 Å². The average molecular weight is 283 g/mol. The van der Waals surface area contributed by atoms with Crippen molar-refractivity contribution in [3.8, 4) is 11.5 Å². The lowest BCUT2D eigenvalue weighted by molar-refractivity contribution is 0.161. The van der Waals surface area contributed by atoms with Crippen molar-refractivity contribution in [2.45, 2.75) is 38.5 Å². The summed E-state index contributed by atoms with van der Waals surface area (Å²) in [5, 5.41) is 0. The molecule has 1 aliphatic rings. The van der Waals surface area contributed by atoms with Crippen LogP contribution in [0, 0.1) is 0 Å². The zero-order valence-corrected chi connectivity index (χ0v) is 12.5. The largest absolute Gasteiger partial charge is 0.491 e. The topological polar surface area (TPSA) is 44.5 Å². The summed E-state index contributed by atoms with van der Waals surface area (Å²) < 4.78 is 11.8. The number of ether oxygens (including phenoxy) is 2. The Labute approximate surface area is 125 Å². The van der Waals surface area contributed by atoms with Crippen LogP contribution in [0.1, 0.15) is 43.5 Å². The number of nitrogens with two attached hydrogens (primary N) is 1. The van der Waals surface area contributed by atoms with E-state index in [4.69, 9.17) is 15.2 Å². The summed E-state index contributed by atoms with van der Waals surface area (Å²) in [6, 6.07) is 16.1. The molecule has 0 fully saturated rings. The van der Waals surface area contributed by atoms with E-state index in [0.717, 1.165) is 29.0 Å². The summed E-state index contributed by atoms with van der Waals surface area (Å²) >= 11 is 0. The predicted molar refractivity (Wildman–Crippen MR) is 83.6 cm³/mol. The molecule has 1 heterocycles. The van der Waals surface area contributed by atoms with Crippen LogP contribution in [0.4, 0.5) is 0 Å². The van der Waals surface area contributed by atoms with Crippen LogP contribution in [-0.4, -0.2) is 6.10 Å². The molecular weight excluding hydrogens is 262 g/mol. The summed E-state index contributed by atoms with van der Waals surface area (Å²) in [4.78, 5) is 0. The van der Waals surface area contributed by atoms with Gasteiger partial charge in [0.2, 0.25) is 0 Å². The number of hydrogen-bond donors (Lipinski definition) is 1. The van der Waals surface area contributed by atoms with Crippen LogP contribution < -0.4 is 15.2 Å². The van der Waals surface area contributed by atoms with Gasteiger partial charge >= 0.3 is 0 Å². The van der Waals surface area contributed by atoms with Gasteiger partial charge < -0.3 is 15.2 Å². The summed E-state index contributed by atoms with van der Waals surface area (Å²) in [6.07, 6.45) is 0.978. The van der Waals surface area contributed by atoms with Gasteiger partial charge in [-0.15, -0.1) is 0 Å². The highest BCUT2D eigenvalue weighted by Crippen LogP contribution is 2.39. The molecule has 2 N–H and O–H groups in total. The first-order chi connectivity index (χ1) is 10.1. The molecular formula is C18H21NO2. The van der Waals surface area contributed by atoms with Gasteiger partial charge in [-0.25, -0.2) is 0 Å². The third kappa shape index (κ3) is 3.03. The quantitative estimate of drug-likeness (QED) is 0.926. The molecule has 0 aromatic heterocycles. The molecule has 3 rings (SSSR count). The van der Waals surface area contributed by atoms with E-state index in [0.29, 0.717) is 0 Å². The fourth-order valence-corrected chi connectivity index (χ4v) is 2.69. The second-order valence-electron chi connectivity index (χ2n) is 5.72. The zero-order valence-electron chi connectivity index (χ0n) is 12.5. The average Bonchev–Trinajstić information content (AvgIpc) is 2.47. The van der Waals surface area contributed by atoms with Crippen LogP contribution >= 0.6 is 0 Å². The van der Waals surface area contributed by atoms with Crippen LogP contribution in [0.25, 0.3) is 0 Å². The predicted octanol–water partition coefficient (Wildman–Crippen LogP) is 4.00. The maximum atomic E-state index is 6.27.